The molecule has 0 heterocycles. The smallest absolute Gasteiger partial charge is 0.0818 e. The van der Waals surface area contributed by atoms with Crippen LogP contribution in [-0.2, 0) is 6.42 Å². The van der Waals surface area contributed by atoms with Gasteiger partial charge in [0.1, 0.15) is 0 Å². The molecule has 1 rings (SSSR count). The maximum Gasteiger partial charge on any atom is 0.0818 e. The highest BCUT2D eigenvalue weighted by atomic mass is 35.5. The number of hydrogen-bond acceptors (Lipinski definition) is 3. The third kappa shape index (κ3) is 7.90. The van der Waals surface area contributed by atoms with Crippen molar-refractivity contribution < 1.29 is 5.11 Å². The zero-order valence-corrected chi connectivity index (χ0v) is 12.3. The predicted molar refractivity (Wildman–Crippen MR) is 81.8 cm³/mol. The highest BCUT2D eigenvalue weighted by molar-refractivity contribution is 5.85. The minimum Gasteiger partial charge on any atom is -0.390 e. The highest BCUT2D eigenvalue weighted by Gasteiger charge is 2.14. The first-order chi connectivity index (χ1) is 7.74. The molecule has 1 aromatic carbocycles. The first-order valence-corrected chi connectivity index (χ1v) is 5.92. The van der Waals surface area contributed by atoms with E-state index in [4.69, 9.17) is 5.73 Å². The Kier molecular flexibility index (Phi) is 13.1. The van der Waals surface area contributed by atoms with Crippen molar-refractivity contribution in [3.05, 3.63) is 35.9 Å². The molecule has 0 spiro atoms. The van der Waals surface area contributed by atoms with Crippen LogP contribution in [0.5, 0.6) is 0 Å². The van der Waals surface area contributed by atoms with E-state index in [1.165, 1.54) is 5.56 Å². The van der Waals surface area contributed by atoms with Gasteiger partial charge < -0.3 is 16.2 Å². The number of nitrogens with two attached hydrogens (primary N) is 1. The Morgan fingerprint density at radius 3 is 2.39 bits per heavy atom. The molecule has 3 nitrogen and oxygen atoms in total. The average Bonchev–Trinajstić information content (AvgIpc) is 2.30. The van der Waals surface area contributed by atoms with Crippen molar-refractivity contribution in [3.63, 3.8) is 0 Å². The van der Waals surface area contributed by atoms with Crippen molar-refractivity contribution in [2.24, 2.45) is 5.73 Å². The van der Waals surface area contributed by atoms with E-state index >= 15 is 0 Å². The van der Waals surface area contributed by atoms with Gasteiger partial charge in [-0.25, -0.2) is 0 Å². The monoisotopic (exact) mass is 294 g/mol. The molecule has 0 saturated carbocycles. The van der Waals surface area contributed by atoms with Gasteiger partial charge in [-0.15, -0.1) is 24.8 Å². The molecule has 106 valence electrons. The second-order valence-electron chi connectivity index (χ2n) is 4.13. The molecule has 18 heavy (non-hydrogen) atoms. The lowest BCUT2D eigenvalue weighted by atomic mass is 10.0. The van der Waals surface area contributed by atoms with Crippen LogP contribution < -0.4 is 11.1 Å². The largest absolute Gasteiger partial charge is 0.390 e. The second-order valence-corrected chi connectivity index (χ2v) is 4.13. The number of nitrogens with one attached hydrogen (secondary N) is 1. The van der Waals surface area contributed by atoms with E-state index in [1.807, 2.05) is 30.3 Å². The van der Waals surface area contributed by atoms with Crippen molar-refractivity contribution in [1.82, 2.24) is 5.32 Å². The van der Waals surface area contributed by atoms with Gasteiger partial charge in [0.15, 0.2) is 0 Å². The molecule has 0 amide bonds. The quantitative estimate of drug-likeness (QED) is 0.672. The molecule has 4 N–H and O–H groups in total. The van der Waals surface area contributed by atoms with Crippen LogP contribution in [0.2, 0.25) is 0 Å². The summed E-state index contributed by atoms with van der Waals surface area (Å²) in [5.41, 5.74) is 7.11. The fourth-order valence-electron chi connectivity index (χ4n) is 1.60. The predicted octanol–water partition coefficient (Wildman–Crippen LogP) is 1.76. The van der Waals surface area contributed by atoms with E-state index in [9.17, 15) is 5.11 Å². The lowest BCUT2D eigenvalue weighted by molar-refractivity contribution is 0.142. The molecule has 2 atom stereocenters. The first kappa shape index (κ1) is 20.0. The third-order valence-corrected chi connectivity index (χ3v) is 2.59. The topological polar surface area (TPSA) is 58.3 Å². The van der Waals surface area contributed by atoms with Crippen molar-refractivity contribution >= 4 is 24.8 Å². The fraction of sp³-hybridized carbons (Fsp3) is 0.538. The Hall–Kier alpha value is -0.320. The molecular formula is C13H24Cl2N2O. The summed E-state index contributed by atoms with van der Waals surface area (Å²) in [7, 11) is 0. The van der Waals surface area contributed by atoms with Crippen LogP contribution in [0.25, 0.3) is 0 Å². The number of aliphatic hydroxyl groups is 1. The third-order valence-electron chi connectivity index (χ3n) is 2.59. The van der Waals surface area contributed by atoms with Gasteiger partial charge >= 0.3 is 0 Å². The minimum atomic E-state index is -0.480. The molecule has 0 aromatic heterocycles. The van der Waals surface area contributed by atoms with Crippen molar-refractivity contribution in [3.8, 4) is 0 Å². The van der Waals surface area contributed by atoms with Crippen molar-refractivity contribution in [2.75, 3.05) is 13.1 Å². The van der Waals surface area contributed by atoms with Gasteiger partial charge in [0.25, 0.3) is 0 Å². The zero-order chi connectivity index (χ0) is 11.8. The Morgan fingerprint density at radius 1 is 1.22 bits per heavy atom. The molecular weight excluding hydrogens is 271 g/mol. The summed E-state index contributed by atoms with van der Waals surface area (Å²) in [4.78, 5) is 0. The Bertz CT molecular complexity index is 286. The molecule has 0 aliphatic heterocycles. The Morgan fingerprint density at radius 2 is 1.83 bits per heavy atom. The lowest BCUT2D eigenvalue weighted by Gasteiger charge is -2.19. The van der Waals surface area contributed by atoms with Gasteiger partial charge in [-0.05, 0) is 24.9 Å². The SMILES string of the molecule is CCCNC[C@@H](O)[C@@H](N)Cc1ccccc1.Cl.Cl. The van der Waals surface area contributed by atoms with E-state index in [0.29, 0.717) is 6.54 Å². The van der Waals surface area contributed by atoms with Crippen LogP contribution in [0, 0.1) is 0 Å². The lowest BCUT2D eigenvalue weighted by Crippen LogP contribution is -2.43. The van der Waals surface area contributed by atoms with Crippen molar-refractivity contribution in [1.29, 1.82) is 0 Å². The van der Waals surface area contributed by atoms with Gasteiger partial charge in [-0.2, -0.15) is 0 Å². The molecule has 0 aliphatic rings. The van der Waals surface area contributed by atoms with Crippen LogP contribution in [0.1, 0.15) is 18.9 Å². The number of rotatable bonds is 7. The molecule has 0 saturated heterocycles. The summed E-state index contributed by atoms with van der Waals surface area (Å²) in [6, 6.07) is 9.83. The Labute approximate surface area is 122 Å². The number of halogens is 2. The molecule has 5 heteroatoms. The molecule has 0 radical (unpaired) electrons. The van der Waals surface area contributed by atoms with Gasteiger partial charge in [-0.3, -0.25) is 0 Å². The summed E-state index contributed by atoms with van der Waals surface area (Å²) in [5, 5.41) is 13.0. The highest BCUT2D eigenvalue weighted by Crippen LogP contribution is 2.04. The van der Waals surface area contributed by atoms with E-state index in [1.54, 1.807) is 0 Å². The van der Waals surface area contributed by atoms with Crippen LogP contribution in [-0.4, -0.2) is 30.3 Å². The molecule has 0 fully saturated rings. The van der Waals surface area contributed by atoms with E-state index in [2.05, 4.69) is 12.2 Å². The van der Waals surface area contributed by atoms with E-state index < -0.39 is 6.10 Å². The number of aliphatic hydroxyl groups excluding tert-OH is 1. The number of benzene rings is 1. The first-order valence-electron chi connectivity index (χ1n) is 5.92. The maximum atomic E-state index is 9.82. The van der Waals surface area contributed by atoms with Gasteiger partial charge in [0, 0.05) is 12.6 Å². The molecule has 0 aliphatic carbocycles. The van der Waals surface area contributed by atoms with Gasteiger partial charge in [-0.1, -0.05) is 37.3 Å². The molecule has 0 bridgehead atoms. The Balaban J connectivity index is 0. The van der Waals surface area contributed by atoms with Crippen LogP contribution in [0.4, 0.5) is 0 Å². The van der Waals surface area contributed by atoms with E-state index in [0.717, 1.165) is 19.4 Å². The van der Waals surface area contributed by atoms with Crippen LogP contribution >= 0.6 is 24.8 Å². The summed E-state index contributed by atoms with van der Waals surface area (Å²) in [6.07, 6.45) is 1.31. The number of hydrogen-bond donors (Lipinski definition) is 3. The second kappa shape index (κ2) is 11.8. The normalized spacial score (nSPS) is 13.1. The van der Waals surface area contributed by atoms with Gasteiger partial charge in [0.05, 0.1) is 6.10 Å². The van der Waals surface area contributed by atoms with Gasteiger partial charge in [0.2, 0.25) is 0 Å². The fourth-order valence-corrected chi connectivity index (χ4v) is 1.60. The molecule has 0 unspecified atom stereocenters. The standard InChI is InChI=1S/C13H22N2O.2ClH/c1-2-8-15-10-13(16)12(14)9-11-6-4-3-5-7-11;;/h3-7,12-13,15-16H,2,8-10,14H2,1H3;2*1H/t12-,13+;;/m0../s1. The molecule has 1 aromatic rings. The van der Waals surface area contributed by atoms with E-state index in [-0.39, 0.29) is 30.9 Å². The average molecular weight is 295 g/mol. The van der Waals surface area contributed by atoms with Crippen LogP contribution in [0.3, 0.4) is 0 Å². The van der Waals surface area contributed by atoms with Crippen LogP contribution in [0.15, 0.2) is 30.3 Å². The summed E-state index contributed by atoms with van der Waals surface area (Å²) in [6.45, 7) is 3.60. The summed E-state index contributed by atoms with van der Waals surface area (Å²) < 4.78 is 0. The summed E-state index contributed by atoms with van der Waals surface area (Å²) >= 11 is 0. The van der Waals surface area contributed by atoms with Crippen molar-refractivity contribution in [2.45, 2.75) is 31.9 Å². The maximum absolute atomic E-state index is 9.82. The summed E-state index contributed by atoms with van der Waals surface area (Å²) in [5.74, 6) is 0. The zero-order valence-electron chi connectivity index (χ0n) is 10.7. The minimum absolute atomic E-state index is 0.